The number of halogens is 1. The van der Waals surface area contributed by atoms with Gasteiger partial charge in [0.05, 0.1) is 6.61 Å². The lowest BCUT2D eigenvalue weighted by Gasteiger charge is -2.59. The minimum Gasteiger partial charge on any atom is -0.395 e. The quantitative estimate of drug-likeness (QED) is 0.813. The molecule has 3 heterocycles. The third-order valence-corrected chi connectivity index (χ3v) is 7.34. The molecule has 2 fully saturated rings. The van der Waals surface area contributed by atoms with Crippen LogP contribution in [0.4, 0.5) is 5.69 Å². The summed E-state index contributed by atoms with van der Waals surface area (Å²) in [4.78, 5) is 17.7. The number of likely N-dealkylation sites (tertiary alicyclic amines) is 1. The molecule has 2 aromatic carbocycles. The number of ether oxygens (including phenoxy) is 1. The number of carbonyl (C=O) groups excluding carboxylic acids is 1. The lowest BCUT2D eigenvalue weighted by Crippen LogP contribution is -2.69. The van der Waals surface area contributed by atoms with Crippen LogP contribution in [0.3, 0.4) is 0 Å². The summed E-state index contributed by atoms with van der Waals surface area (Å²) in [5.41, 5.74) is 3.23. The molecule has 0 saturated carbocycles. The standard InChI is InChI=1S/C24H27ClN2O3/c25-19-7-3-1-5-17(19)13-26-21-14-27(24(29)16-9-11-30-12-10-16)20-8-4-2-6-18(20)23(21)22(26)15-28/h1-8,16,21-23,28H,9-15H2/t21-,22-,23+/m1/s1. The lowest BCUT2D eigenvalue weighted by molar-refractivity contribution is -0.126. The van der Waals surface area contributed by atoms with E-state index < -0.39 is 0 Å². The van der Waals surface area contributed by atoms with Crippen LogP contribution >= 0.6 is 11.6 Å². The van der Waals surface area contributed by atoms with Crippen molar-refractivity contribution >= 4 is 23.2 Å². The van der Waals surface area contributed by atoms with Crippen LogP contribution in [0, 0.1) is 5.92 Å². The molecular weight excluding hydrogens is 400 g/mol. The zero-order valence-electron chi connectivity index (χ0n) is 16.9. The number of rotatable bonds is 4. The molecule has 6 heteroatoms. The second kappa shape index (κ2) is 8.31. The molecule has 3 atom stereocenters. The van der Waals surface area contributed by atoms with Crippen LogP contribution in [0.15, 0.2) is 48.5 Å². The van der Waals surface area contributed by atoms with Crippen LogP contribution in [0.1, 0.15) is 29.9 Å². The molecule has 0 spiro atoms. The third kappa shape index (κ3) is 3.34. The Kier molecular flexibility index (Phi) is 5.54. The zero-order valence-corrected chi connectivity index (χ0v) is 17.7. The maximum Gasteiger partial charge on any atom is 0.230 e. The third-order valence-electron chi connectivity index (χ3n) is 6.97. The summed E-state index contributed by atoms with van der Waals surface area (Å²) in [5, 5.41) is 10.9. The lowest BCUT2D eigenvalue weighted by atomic mass is 9.71. The largest absolute Gasteiger partial charge is 0.395 e. The second-order valence-electron chi connectivity index (χ2n) is 8.50. The van der Waals surface area contributed by atoms with Crippen LogP contribution in [0.25, 0.3) is 0 Å². The summed E-state index contributed by atoms with van der Waals surface area (Å²) in [6.07, 6.45) is 1.57. The monoisotopic (exact) mass is 426 g/mol. The molecule has 0 aliphatic carbocycles. The van der Waals surface area contributed by atoms with E-state index in [1.54, 1.807) is 0 Å². The molecule has 3 aliphatic rings. The Morgan fingerprint density at radius 3 is 2.60 bits per heavy atom. The van der Waals surface area contributed by atoms with Gasteiger partial charge in [0.25, 0.3) is 0 Å². The minimum atomic E-state index is 0.0223. The van der Waals surface area contributed by atoms with Gasteiger partial charge in [-0.3, -0.25) is 9.69 Å². The number of amides is 1. The van der Waals surface area contributed by atoms with Gasteiger partial charge in [-0.25, -0.2) is 0 Å². The number of aliphatic hydroxyl groups excluding tert-OH is 1. The molecule has 1 N–H and O–H groups in total. The normalized spacial score (nSPS) is 26.6. The van der Waals surface area contributed by atoms with Gasteiger partial charge < -0.3 is 14.7 Å². The van der Waals surface area contributed by atoms with Crippen LogP contribution in [0.2, 0.25) is 5.02 Å². The predicted octanol–water partition coefficient (Wildman–Crippen LogP) is 3.44. The van der Waals surface area contributed by atoms with Crippen molar-refractivity contribution in [2.24, 2.45) is 5.92 Å². The van der Waals surface area contributed by atoms with E-state index in [1.165, 1.54) is 5.56 Å². The molecule has 30 heavy (non-hydrogen) atoms. The first-order valence-electron chi connectivity index (χ1n) is 10.8. The Morgan fingerprint density at radius 2 is 1.83 bits per heavy atom. The molecule has 2 aromatic rings. The molecule has 5 nitrogen and oxygen atoms in total. The first-order valence-corrected chi connectivity index (χ1v) is 11.1. The number of aliphatic hydroxyl groups is 1. The van der Waals surface area contributed by atoms with Crippen molar-refractivity contribution in [3.63, 3.8) is 0 Å². The van der Waals surface area contributed by atoms with E-state index in [4.69, 9.17) is 16.3 Å². The number of benzene rings is 2. The molecule has 5 rings (SSSR count). The van der Waals surface area contributed by atoms with Crippen molar-refractivity contribution in [2.75, 3.05) is 31.3 Å². The number of para-hydroxylation sites is 1. The summed E-state index contributed by atoms with van der Waals surface area (Å²) < 4.78 is 5.46. The van der Waals surface area contributed by atoms with Gasteiger partial charge in [0.15, 0.2) is 0 Å². The van der Waals surface area contributed by atoms with Gasteiger partial charge in [-0.05, 0) is 36.1 Å². The molecule has 158 valence electrons. The molecule has 0 bridgehead atoms. The maximum atomic E-state index is 13.4. The molecule has 0 aromatic heterocycles. The van der Waals surface area contributed by atoms with Crippen molar-refractivity contribution in [3.8, 4) is 0 Å². The number of carbonyl (C=O) groups is 1. The summed E-state index contributed by atoms with van der Waals surface area (Å²) in [5.74, 6) is 0.454. The predicted molar refractivity (Wildman–Crippen MR) is 117 cm³/mol. The number of anilines is 1. The van der Waals surface area contributed by atoms with E-state index in [-0.39, 0.29) is 36.4 Å². The molecule has 0 radical (unpaired) electrons. The fraction of sp³-hybridized carbons (Fsp3) is 0.458. The highest BCUT2D eigenvalue weighted by Gasteiger charge is 2.53. The van der Waals surface area contributed by atoms with Gasteiger partial charge in [-0.2, -0.15) is 0 Å². The van der Waals surface area contributed by atoms with Crippen molar-refractivity contribution in [2.45, 2.75) is 37.4 Å². The topological polar surface area (TPSA) is 53.0 Å². The summed E-state index contributed by atoms with van der Waals surface area (Å²) in [6, 6.07) is 16.3. The second-order valence-corrected chi connectivity index (χ2v) is 8.91. The van der Waals surface area contributed by atoms with E-state index in [0.29, 0.717) is 26.3 Å². The van der Waals surface area contributed by atoms with Crippen LogP contribution < -0.4 is 4.90 Å². The van der Waals surface area contributed by atoms with E-state index in [1.807, 2.05) is 47.4 Å². The zero-order chi connectivity index (χ0) is 20.7. The van der Waals surface area contributed by atoms with E-state index in [2.05, 4.69) is 11.0 Å². The Bertz CT molecular complexity index is 930. The summed E-state index contributed by atoms with van der Waals surface area (Å²) in [7, 11) is 0. The highest BCUT2D eigenvalue weighted by atomic mass is 35.5. The van der Waals surface area contributed by atoms with Gasteiger partial charge in [-0.15, -0.1) is 0 Å². The van der Waals surface area contributed by atoms with Gasteiger partial charge >= 0.3 is 0 Å². The smallest absolute Gasteiger partial charge is 0.230 e. The Balaban J connectivity index is 1.45. The van der Waals surface area contributed by atoms with Crippen molar-refractivity contribution in [1.29, 1.82) is 0 Å². The molecule has 2 saturated heterocycles. The average Bonchev–Trinajstić information content (AvgIpc) is 2.78. The van der Waals surface area contributed by atoms with Crippen LogP contribution in [-0.4, -0.2) is 54.4 Å². The summed E-state index contributed by atoms with van der Waals surface area (Å²) >= 11 is 6.41. The first-order chi connectivity index (χ1) is 14.7. The molecule has 3 aliphatic heterocycles. The fourth-order valence-corrected chi connectivity index (χ4v) is 5.59. The summed E-state index contributed by atoms with van der Waals surface area (Å²) in [6.45, 7) is 2.73. The molecular formula is C24H27ClN2O3. The minimum absolute atomic E-state index is 0.0223. The maximum absolute atomic E-state index is 13.4. The number of fused-ring (bicyclic) bond motifs is 3. The van der Waals surface area contributed by atoms with Crippen LogP contribution in [0.5, 0.6) is 0 Å². The van der Waals surface area contributed by atoms with Gasteiger partial charge in [0, 0.05) is 60.9 Å². The molecule has 1 amide bonds. The Morgan fingerprint density at radius 1 is 1.10 bits per heavy atom. The molecule has 0 unspecified atom stereocenters. The Hall–Kier alpha value is -1.92. The highest BCUT2D eigenvalue weighted by molar-refractivity contribution is 6.31. The van der Waals surface area contributed by atoms with Gasteiger partial charge in [0.1, 0.15) is 0 Å². The Labute approximate surface area is 182 Å². The first kappa shape index (κ1) is 20.0. The van der Waals surface area contributed by atoms with E-state index >= 15 is 0 Å². The van der Waals surface area contributed by atoms with Crippen molar-refractivity contribution in [3.05, 3.63) is 64.7 Å². The van der Waals surface area contributed by atoms with Crippen molar-refractivity contribution < 1.29 is 14.6 Å². The average molecular weight is 427 g/mol. The van der Waals surface area contributed by atoms with Gasteiger partial charge in [-0.1, -0.05) is 48.0 Å². The fourth-order valence-electron chi connectivity index (χ4n) is 5.40. The van der Waals surface area contributed by atoms with Crippen molar-refractivity contribution in [1.82, 2.24) is 4.90 Å². The van der Waals surface area contributed by atoms with Crippen LogP contribution in [-0.2, 0) is 16.1 Å². The number of hydrogen-bond donors (Lipinski definition) is 1. The highest BCUT2D eigenvalue weighted by Crippen LogP contribution is 2.49. The van der Waals surface area contributed by atoms with E-state index in [9.17, 15) is 9.90 Å². The number of nitrogens with zero attached hydrogens (tertiary/aromatic N) is 2. The SMILES string of the molecule is O=C(C1CCOCC1)N1C[C@@H]2[C@H](c3ccccc31)[C@@H](CO)N2Cc1ccccc1Cl. The number of hydrogen-bond acceptors (Lipinski definition) is 4. The van der Waals surface area contributed by atoms with Gasteiger partial charge in [0.2, 0.25) is 5.91 Å². The van der Waals surface area contributed by atoms with E-state index in [0.717, 1.165) is 29.1 Å².